The highest BCUT2D eigenvalue weighted by molar-refractivity contribution is 5.44. The van der Waals surface area contributed by atoms with Gasteiger partial charge in [-0.3, -0.25) is 0 Å². The lowest BCUT2D eigenvalue weighted by molar-refractivity contribution is 0.361. The summed E-state index contributed by atoms with van der Waals surface area (Å²) in [4.78, 5) is 7.28. The first-order chi connectivity index (χ1) is 9.97. The second-order valence-corrected chi connectivity index (χ2v) is 7.05. The molecule has 0 aliphatic carbocycles. The first-order valence-corrected chi connectivity index (χ1v) is 8.42. The molecule has 1 aliphatic heterocycles. The van der Waals surface area contributed by atoms with Gasteiger partial charge in [-0.15, -0.1) is 0 Å². The highest BCUT2D eigenvalue weighted by Gasteiger charge is 2.25. The van der Waals surface area contributed by atoms with Gasteiger partial charge in [0.05, 0.1) is 0 Å². The van der Waals surface area contributed by atoms with Crippen LogP contribution in [0.5, 0.6) is 0 Å². The third kappa shape index (κ3) is 4.44. The molecule has 0 bridgehead atoms. The van der Waals surface area contributed by atoms with E-state index in [-0.39, 0.29) is 0 Å². The van der Waals surface area contributed by atoms with E-state index >= 15 is 0 Å². The molecule has 3 heteroatoms. The quantitative estimate of drug-likeness (QED) is 0.894. The molecule has 1 aliphatic rings. The van der Waals surface area contributed by atoms with Crippen molar-refractivity contribution in [3.8, 4) is 0 Å². The predicted octanol–water partition coefficient (Wildman–Crippen LogP) is 3.76. The van der Waals surface area contributed by atoms with E-state index in [0.717, 1.165) is 37.1 Å². The molecule has 1 fully saturated rings. The van der Waals surface area contributed by atoms with Crippen molar-refractivity contribution in [2.24, 2.45) is 11.8 Å². The third-order valence-corrected chi connectivity index (χ3v) is 4.55. The minimum Gasteiger partial charge on any atom is -0.354 e. The molecule has 1 saturated heterocycles. The van der Waals surface area contributed by atoms with Crippen molar-refractivity contribution in [3.63, 3.8) is 0 Å². The number of hydrogen-bond donors (Lipinski definition) is 1. The maximum absolute atomic E-state index is 4.78. The monoisotopic (exact) mass is 289 g/mol. The third-order valence-electron chi connectivity index (χ3n) is 4.55. The van der Waals surface area contributed by atoms with Gasteiger partial charge in [0.2, 0.25) is 0 Å². The summed E-state index contributed by atoms with van der Waals surface area (Å²) in [5.41, 5.74) is 2.47. The average molecular weight is 289 g/mol. The van der Waals surface area contributed by atoms with Crippen LogP contribution >= 0.6 is 0 Å². The fraction of sp³-hybridized carbons (Fsp3) is 0.722. The van der Waals surface area contributed by atoms with Crippen molar-refractivity contribution >= 4 is 5.82 Å². The van der Waals surface area contributed by atoms with E-state index in [4.69, 9.17) is 4.98 Å². The molecule has 118 valence electrons. The SMILES string of the molecule is Cc1cc(CNCC(C)C)cc(N2CCCC(C)C2C)n1. The molecule has 1 aromatic heterocycles. The molecule has 2 rings (SSSR count). The first kappa shape index (κ1) is 16.3. The molecule has 0 aromatic carbocycles. The summed E-state index contributed by atoms with van der Waals surface area (Å²) in [7, 11) is 0. The van der Waals surface area contributed by atoms with Crippen molar-refractivity contribution < 1.29 is 0 Å². The van der Waals surface area contributed by atoms with Gasteiger partial charge in [0, 0.05) is 24.8 Å². The van der Waals surface area contributed by atoms with Crippen LogP contribution in [0, 0.1) is 18.8 Å². The smallest absolute Gasteiger partial charge is 0.129 e. The highest BCUT2D eigenvalue weighted by Crippen LogP contribution is 2.28. The first-order valence-electron chi connectivity index (χ1n) is 8.42. The standard InChI is InChI=1S/C18H31N3/c1-13(2)11-19-12-17-9-15(4)20-18(10-17)21-8-6-7-14(3)16(21)5/h9-10,13-14,16,19H,6-8,11-12H2,1-5H3. The van der Waals surface area contributed by atoms with Gasteiger partial charge in [-0.1, -0.05) is 20.8 Å². The molecule has 0 spiro atoms. The number of piperidine rings is 1. The Hall–Kier alpha value is -1.09. The van der Waals surface area contributed by atoms with Crippen LogP contribution in [0.3, 0.4) is 0 Å². The zero-order chi connectivity index (χ0) is 15.4. The van der Waals surface area contributed by atoms with Gasteiger partial charge < -0.3 is 10.2 Å². The molecule has 2 atom stereocenters. The van der Waals surface area contributed by atoms with Crippen LogP contribution in [0.1, 0.15) is 51.8 Å². The number of pyridine rings is 1. The molecule has 2 heterocycles. The van der Waals surface area contributed by atoms with Crippen LogP contribution in [-0.4, -0.2) is 24.1 Å². The normalized spacial score (nSPS) is 22.9. The topological polar surface area (TPSA) is 28.2 Å². The number of aromatic nitrogens is 1. The fourth-order valence-corrected chi connectivity index (χ4v) is 3.13. The Bertz CT molecular complexity index is 456. The molecular weight excluding hydrogens is 258 g/mol. The van der Waals surface area contributed by atoms with Gasteiger partial charge in [0.15, 0.2) is 0 Å². The number of nitrogens with one attached hydrogen (secondary N) is 1. The zero-order valence-electron chi connectivity index (χ0n) is 14.3. The average Bonchev–Trinajstić information content (AvgIpc) is 2.41. The Morgan fingerprint density at radius 3 is 2.81 bits per heavy atom. The number of anilines is 1. The zero-order valence-corrected chi connectivity index (χ0v) is 14.3. The van der Waals surface area contributed by atoms with Crippen molar-refractivity contribution in [2.75, 3.05) is 18.0 Å². The van der Waals surface area contributed by atoms with Crippen LogP contribution < -0.4 is 10.2 Å². The van der Waals surface area contributed by atoms with Crippen LogP contribution in [0.2, 0.25) is 0 Å². The summed E-state index contributed by atoms with van der Waals surface area (Å²) in [5.74, 6) is 2.61. The van der Waals surface area contributed by atoms with E-state index in [1.54, 1.807) is 0 Å². The number of nitrogens with zero attached hydrogens (tertiary/aromatic N) is 2. The van der Waals surface area contributed by atoms with Crippen molar-refractivity contribution in [1.82, 2.24) is 10.3 Å². The lowest BCUT2D eigenvalue weighted by Crippen LogP contribution is -2.43. The minimum atomic E-state index is 0.588. The van der Waals surface area contributed by atoms with Crippen molar-refractivity contribution in [2.45, 2.75) is 60.0 Å². The fourth-order valence-electron chi connectivity index (χ4n) is 3.13. The van der Waals surface area contributed by atoms with Crippen LogP contribution in [-0.2, 0) is 6.54 Å². The maximum Gasteiger partial charge on any atom is 0.129 e. The van der Waals surface area contributed by atoms with E-state index in [1.165, 1.54) is 18.4 Å². The molecule has 0 amide bonds. The lowest BCUT2D eigenvalue weighted by Gasteiger charge is -2.39. The maximum atomic E-state index is 4.78. The molecule has 0 saturated carbocycles. The summed E-state index contributed by atoms with van der Waals surface area (Å²) < 4.78 is 0. The molecule has 0 radical (unpaired) electrons. The molecular formula is C18H31N3. The summed E-state index contributed by atoms with van der Waals surface area (Å²) >= 11 is 0. The number of rotatable bonds is 5. The Balaban J connectivity index is 2.10. The van der Waals surface area contributed by atoms with Gasteiger partial charge >= 0.3 is 0 Å². The Labute approximate surface area is 130 Å². The Morgan fingerprint density at radius 1 is 1.33 bits per heavy atom. The van der Waals surface area contributed by atoms with Gasteiger partial charge in [0.1, 0.15) is 5.82 Å². The van der Waals surface area contributed by atoms with E-state index < -0.39 is 0 Å². The number of aryl methyl sites for hydroxylation is 1. The van der Waals surface area contributed by atoms with E-state index in [1.807, 2.05) is 0 Å². The van der Waals surface area contributed by atoms with Gasteiger partial charge in [-0.2, -0.15) is 0 Å². The van der Waals surface area contributed by atoms with Gasteiger partial charge in [0.25, 0.3) is 0 Å². The summed E-state index contributed by atoms with van der Waals surface area (Å²) in [6, 6.07) is 5.06. The minimum absolute atomic E-state index is 0.588. The van der Waals surface area contributed by atoms with E-state index in [2.05, 4.69) is 57.0 Å². The molecule has 1 aromatic rings. The van der Waals surface area contributed by atoms with Crippen LogP contribution in [0.25, 0.3) is 0 Å². The largest absolute Gasteiger partial charge is 0.354 e. The molecule has 2 unspecified atom stereocenters. The van der Waals surface area contributed by atoms with Crippen LogP contribution in [0.15, 0.2) is 12.1 Å². The van der Waals surface area contributed by atoms with Crippen LogP contribution in [0.4, 0.5) is 5.82 Å². The Kier molecular flexibility index (Phi) is 5.63. The van der Waals surface area contributed by atoms with E-state index in [0.29, 0.717) is 12.0 Å². The summed E-state index contributed by atoms with van der Waals surface area (Å²) in [6.45, 7) is 14.4. The summed E-state index contributed by atoms with van der Waals surface area (Å²) in [5, 5.41) is 3.53. The van der Waals surface area contributed by atoms with Gasteiger partial charge in [-0.25, -0.2) is 4.98 Å². The predicted molar refractivity (Wildman–Crippen MR) is 90.7 cm³/mol. The summed E-state index contributed by atoms with van der Waals surface area (Å²) in [6.07, 6.45) is 2.62. The van der Waals surface area contributed by atoms with Gasteiger partial charge in [-0.05, 0) is 62.8 Å². The number of hydrogen-bond acceptors (Lipinski definition) is 3. The highest BCUT2D eigenvalue weighted by atomic mass is 15.2. The lowest BCUT2D eigenvalue weighted by atomic mass is 9.92. The molecule has 21 heavy (non-hydrogen) atoms. The molecule has 3 nitrogen and oxygen atoms in total. The van der Waals surface area contributed by atoms with E-state index in [9.17, 15) is 0 Å². The second kappa shape index (κ2) is 7.26. The van der Waals surface area contributed by atoms with Crippen molar-refractivity contribution in [3.05, 3.63) is 23.4 Å². The Morgan fingerprint density at radius 2 is 2.10 bits per heavy atom. The molecule has 1 N–H and O–H groups in total. The van der Waals surface area contributed by atoms with Crippen molar-refractivity contribution in [1.29, 1.82) is 0 Å². The second-order valence-electron chi connectivity index (χ2n) is 7.05.